The molecule has 5 heteroatoms. The standard InChI is InChI=1S/C18H24N4O/c1-21-11-8-13(9-12-21)17-16-7-10-19-18(16)22(20-17)14-3-5-15(23-2)6-4-14/h3-6,13,19H,7-12H2,1-2H3. The molecular formula is C18H24N4O. The fraction of sp³-hybridized carbons (Fsp3) is 0.500. The lowest BCUT2D eigenvalue weighted by Gasteiger charge is -2.28. The molecule has 0 atom stereocenters. The van der Waals surface area contributed by atoms with Crippen molar-refractivity contribution in [2.24, 2.45) is 0 Å². The molecule has 1 N–H and O–H groups in total. The summed E-state index contributed by atoms with van der Waals surface area (Å²) in [7, 11) is 3.90. The number of piperidine rings is 1. The molecule has 1 saturated heterocycles. The number of hydrogen-bond acceptors (Lipinski definition) is 4. The van der Waals surface area contributed by atoms with E-state index in [0.717, 1.165) is 24.4 Å². The monoisotopic (exact) mass is 312 g/mol. The molecular weight excluding hydrogens is 288 g/mol. The van der Waals surface area contributed by atoms with Crippen LogP contribution in [0, 0.1) is 0 Å². The summed E-state index contributed by atoms with van der Waals surface area (Å²) < 4.78 is 7.34. The molecule has 2 aliphatic rings. The molecule has 5 nitrogen and oxygen atoms in total. The van der Waals surface area contributed by atoms with E-state index >= 15 is 0 Å². The topological polar surface area (TPSA) is 42.3 Å². The number of hydrogen-bond donors (Lipinski definition) is 1. The number of likely N-dealkylation sites (tertiary alicyclic amines) is 1. The molecule has 2 aliphatic heterocycles. The maximum atomic E-state index is 5.26. The molecule has 2 aromatic rings. The maximum absolute atomic E-state index is 5.26. The minimum Gasteiger partial charge on any atom is -0.497 e. The summed E-state index contributed by atoms with van der Waals surface area (Å²) >= 11 is 0. The Kier molecular flexibility index (Phi) is 3.73. The van der Waals surface area contributed by atoms with E-state index in [1.165, 1.54) is 43.0 Å². The van der Waals surface area contributed by atoms with Crippen molar-refractivity contribution >= 4 is 5.82 Å². The van der Waals surface area contributed by atoms with Gasteiger partial charge < -0.3 is 15.0 Å². The van der Waals surface area contributed by atoms with Gasteiger partial charge in [-0.3, -0.25) is 0 Å². The summed E-state index contributed by atoms with van der Waals surface area (Å²) in [5.74, 6) is 2.66. The lowest BCUT2D eigenvalue weighted by molar-refractivity contribution is 0.252. The number of aromatic nitrogens is 2. The second kappa shape index (κ2) is 5.89. The number of benzene rings is 1. The average Bonchev–Trinajstić information content (AvgIpc) is 3.18. The Bertz CT molecular complexity index is 684. The van der Waals surface area contributed by atoms with Crippen LogP contribution in [0.3, 0.4) is 0 Å². The van der Waals surface area contributed by atoms with Gasteiger partial charge in [-0.15, -0.1) is 0 Å². The van der Waals surface area contributed by atoms with Crippen molar-refractivity contribution in [1.29, 1.82) is 0 Å². The third-order valence-electron chi connectivity index (χ3n) is 5.10. The van der Waals surface area contributed by atoms with Crippen molar-refractivity contribution < 1.29 is 4.74 Å². The van der Waals surface area contributed by atoms with E-state index in [0.29, 0.717) is 5.92 Å². The zero-order valence-corrected chi connectivity index (χ0v) is 13.9. The first-order valence-electron chi connectivity index (χ1n) is 8.45. The zero-order chi connectivity index (χ0) is 15.8. The summed E-state index contributed by atoms with van der Waals surface area (Å²) in [4.78, 5) is 2.41. The molecule has 23 heavy (non-hydrogen) atoms. The van der Waals surface area contributed by atoms with Crippen LogP contribution < -0.4 is 10.1 Å². The van der Waals surface area contributed by atoms with Crippen LogP contribution >= 0.6 is 0 Å². The van der Waals surface area contributed by atoms with E-state index in [4.69, 9.17) is 9.84 Å². The highest BCUT2D eigenvalue weighted by Gasteiger charge is 2.29. The molecule has 1 aromatic carbocycles. The van der Waals surface area contributed by atoms with Crippen LogP contribution in [0.25, 0.3) is 5.69 Å². The van der Waals surface area contributed by atoms with Gasteiger partial charge in [0, 0.05) is 18.0 Å². The first kappa shape index (κ1) is 14.6. The second-order valence-electron chi connectivity index (χ2n) is 6.58. The predicted octanol–water partition coefficient (Wildman–Crippen LogP) is 2.66. The van der Waals surface area contributed by atoms with Gasteiger partial charge in [-0.1, -0.05) is 0 Å². The SMILES string of the molecule is COc1ccc(-n2nc(C3CCN(C)CC3)c3c2NCC3)cc1. The molecule has 0 unspecified atom stereocenters. The normalized spacial score (nSPS) is 18.7. The molecule has 122 valence electrons. The molecule has 1 fully saturated rings. The summed E-state index contributed by atoms with van der Waals surface area (Å²) in [6.45, 7) is 3.35. The molecule has 0 saturated carbocycles. The Morgan fingerprint density at radius 2 is 1.91 bits per heavy atom. The van der Waals surface area contributed by atoms with Gasteiger partial charge in [-0.25, -0.2) is 4.68 Å². The molecule has 1 aromatic heterocycles. The van der Waals surface area contributed by atoms with Gasteiger partial charge in [0.1, 0.15) is 11.6 Å². The fourth-order valence-electron chi connectivity index (χ4n) is 3.72. The Labute approximate surface area is 137 Å². The van der Waals surface area contributed by atoms with Crippen LogP contribution in [0.5, 0.6) is 5.75 Å². The van der Waals surface area contributed by atoms with Gasteiger partial charge in [-0.2, -0.15) is 5.10 Å². The Balaban J connectivity index is 1.69. The van der Waals surface area contributed by atoms with E-state index in [-0.39, 0.29) is 0 Å². The number of fused-ring (bicyclic) bond motifs is 1. The van der Waals surface area contributed by atoms with E-state index < -0.39 is 0 Å². The number of rotatable bonds is 3. The quantitative estimate of drug-likeness (QED) is 0.946. The smallest absolute Gasteiger partial charge is 0.133 e. The van der Waals surface area contributed by atoms with E-state index in [1.807, 2.05) is 12.1 Å². The summed E-state index contributed by atoms with van der Waals surface area (Å²) in [5.41, 5.74) is 3.83. The Hall–Kier alpha value is -2.01. The molecule has 3 heterocycles. The van der Waals surface area contributed by atoms with E-state index in [9.17, 15) is 0 Å². The van der Waals surface area contributed by atoms with Crippen molar-refractivity contribution in [2.75, 3.05) is 39.1 Å². The summed E-state index contributed by atoms with van der Waals surface area (Å²) in [6.07, 6.45) is 3.51. The van der Waals surface area contributed by atoms with Crippen LogP contribution in [-0.2, 0) is 6.42 Å². The van der Waals surface area contributed by atoms with Gasteiger partial charge >= 0.3 is 0 Å². The van der Waals surface area contributed by atoms with Crippen LogP contribution in [0.2, 0.25) is 0 Å². The Morgan fingerprint density at radius 1 is 1.17 bits per heavy atom. The minimum absolute atomic E-state index is 0.597. The zero-order valence-electron chi connectivity index (χ0n) is 13.9. The molecule has 0 radical (unpaired) electrons. The number of ether oxygens (including phenoxy) is 1. The van der Waals surface area contributed by atoms with E-state index in [2.05, 4.69) is 34.1 Å². The van der Waals surface area contributed by atoms with Gasteiger partial charge in [0.25, 0.3) is 0 Å². The fourth-order valence-corrected chi connectivity index (χ4v) is 3.72. The third kappa shape index (κ3) is 2.59. The first-order valence-corrected chi connectivity index (χ1v) is 8.45. The highest BCUT2D eigenvalue weighted by molar-refractivity contribution is 5.58. The highest BCUT2D eigenvalue weighted by atomic mass is 16.5. The summed E-state index contributed by atoms with van der Waals surface area (Å²) in [5, 5.41) is 8.52. The lowest BCUT2D eigenvalue weighted by Crippen LogP contribution is -2.29. The van der Waals surface area contributed by atoms with E-state index in [1.54, 1.807) is 7.11 Å². The maximum Gasteiger partial charge on any atom is 0.133 e. The summed E-state index contributed by atoms with van der Waals surface area (Å²) in [6, 6.07) is 8.14. The van der Waals surface area contributed by atoms with Gasteiger partial charge in [-0.05, 0) is 63.7 Å². The van der Waals surface area contributed by atoms with Gasteiger partial charge in [0.05, 0.1) is 18.5 Å². The Morgan fingerprint density at radius 3 is 2.61 bits per heavy atom. The van der Waals surface area contributed by atoms with Crippen molar-refractivity contribution in [1.82, 2.24) is 14.7 Å². The molecule has 0 aliphatic carbocycles. The predicted molar refractivity (Wildman–Crippen MR) is 91.8 cm³/mol. The van der Waals surface area contributed by atoms with Crippen molar-refractivity contribution in [3.63, 3.8) is 0 Å². The van der Waals surface area contributed by atoms with Crippen molar-refractivity contribution in [3.05, 3.63) is 35.5 Å². The number of nitrogens with zero attached hydrogens (tertiary/aromatic N) is 3. The van der Waals surface area contributed by atoms with Crippen LogP contribution in [-0.4, -0.2) is 48.5 Å². The van der Waals surface area contributed by atoms with Gasteiger partial charge in [0.2, 0.25) is 0 Å². The van der Waals surface area contributed by atoms with Crippen LogP contribution in [0.15, 0.2) is 24.3 Å². The van der Waals surface area contributed by atoms with Crippen molar-refractivity contribution in [2.45, 2.75) is 25.2 Å². The highest BCUT2D eigenvalue weighted by Crippen LogP contribution is 2.36. The van der Waals surface area contributed by atoms with Gasteiger partial charge in [0.15, 0.2) is 0 Å². The number of nitrogens with one attached hydrogen (secondary N) is 1. The minimum atomic E-state index is 0.597. The first-order chi connectivity index (χ1) is 11.3. The molecule has 0 amide bonds. The third-order valence-corrected chi connectivity index (χ3v) is 5.10. The molecule has 4 rings (SSSR count). The lowest BCUT2D eigenvalue weighted by atomic mass is 9.91. The van der Waals surface area contributed by atoms with Crippen LogP contribution in [0.1, 0.15) is 30.0 Å². The number of anilines is 1. The molecule has 0 bridgehead atoms. The average molecular weight is 312 g/mol. The van der Waals surface area contributed by atoms with Crippen LogP contribution in [0.4, 0.5) is 5.82 Å². The number of methoxy groups -OCH3 is 1. The molecule has 0 spiro atoms. The largest absolute Gasteiger partial charge is 0.497 e. The van der Waals surface area contributed by atoms with Crippen molar-refractivity contribution in [3.8, 4) is 11.4 Å². The second-order valence-corrected chi connectivity index (χ2v) is 6.58.